The SMILES string of the molecule is COC(=O)CN(CC(=O)OC)C(=O)c1ccc(S(=O)(=O)N2CCCCC2C)cc1. The summed E-state index contributed by atoms with van der Waals surface area (Å²) in [5.74, 6) is -2.00. The summed E-state index contributed by atoms with van der Waals surface area (Å²) in [6, 6.07) is 5.37. The Morgan fingerprint density at radius 3 is 2.07 bits per heavy atom. The summed E-state index contributed by atoms with van der Waals surface area (Å²) in [5.41, 5.74) is 0.142. The first-order chi connectivity index (χ1) is 13.7. The zero-order chi connectivity index (χ0) is 21.6. The van der Waals surface area contributed by atoms with Crippen molar-refractivity contribution >= 4 is 27.9 Å². The fourth-order valence-electron chi connectivity index (χ4n) is 3.16. The van der Waals surface area contributed by atoms with Crippen molar-refractivity contribution in [3.8, 4) is 0 Å². The second-order valence-corrected chi connectivity index (χ2v) is 8.69. The standard InChI is InChI=1S/C19H26N2O7S/c1-14-6-4-5-11-21(14)29(25,26)16-9-7-15(8-10-16)19(24)20(12-17(22)27-2)13-18(23)28-3/h7-10,14H,4-6,11-13H2,1-3H3. The Balaban J connectivity index is 2.23. The van der Waals surface area contributed by atoms with E-state index in [2.05, 4.69) is 9.47 Å². The number of nitrogens with zero attached hydrogens (tertiary/aromatic N) is 2. The van der Waals surface area contributed by atoms with Gasteiger partial charge in [0.05, 0.1) is 19.1 Å². The molecule has 1 fully saturated rings. The van der Waals surface area contributed by atoms with E-state index < -0.39 is 41.0 Å². The van der Waals surface area contributed by atoms with E-state index in [1.807, 2.05) is 6.92 Å². The largest absolute Gasteiger partial charge is 0.468 e. The second-order valence-electron chi connectivity index (χ2n) is 6.80. The minimum atomic E-state index is -3.66. The van der Waals surface area contributed by atoms with Crippen LogP contribution in [0.1, 0.15) is 36.5 Å². The van der Waals surface area contributed by atoms with Gasteiger partial charge in [-0.15, -0.1) is 0 Å². The maximum atomic E-state index is 12.9. The molecule has 1 unspecified atom stereocenters. The summed E-state index contributed by atoms with van der Waals surface area (Å²) in [4.78, 5) is 36.9. The number of sulfonamides is 1. The minimum Gasteiger partial charge on any atom is -0.468 e. The van der Waals surface area contributed by atoms with Gasteiger partial charge in [-0.05, 0) is 44.0 Å². The van der Waals surface area contributed by atoms with E-state index in [0.29, 0.717) is 6.54 Å². The summed E-state index contributed by atoms with van der Waals surface area (Å²) >= 11 is 0. The lowest BCUT2D eigenvalue weighted by Crippen LogP contribution is -2.42. The molecule has 0 bridgehead atoms. The van der Waals surface area contributed by atoms with E-state index >= 15 is 0 Å². The fraction of sp³-hybridized carbons (Fsp3) is 0.526. The van der Waals surface area contributed by atoms with Crippen LogP contribution < -0.4 is 0 Å². The van der Waals surface area contributed by atoms with Crippen LogP contribution in [0.4, 0.5) is 0 Å². The number of methoxy groups -OCH3 is 2. The first kappa shape index (κ1) is 22.8. The predicted molar refractivity (Wildman–Crippen MR) is 104 cm³/mol. The van der Waals surface area contributed by atoms with E-state index in [-0.39, 0.29) is 16.5 Å². The van der Waals surface area contributed by atoms with Gasteiger partial charge in [0.15, 0.2) is 0 Å². The van der Waals surface area contributed by atoms with Gasteiger partial charge in [-0.3, -0.25) is 14.4 Å². The van der Waals surface area contributed by atoms with E-state index in [1.54, 1.807) is 0 Å². The number of hydrogen-bond acceptors (Lipinski definition) is 7. The summed E-state index contributed by atoms with van der Waals surface area (Å²) in [6.07, 6.45) is 2.62. The van der Waals surface area contributed by atoms with Crippen LogP contribution in [0.15, 0.2) is 29.2 Å². The van der Waals surface area contributed by atoms with Gasteiger partial charge in [-0.1, -0.05) is 6.42 Å². The Kier molecular flexibility index (Phi) is 7.74. The van der Waals surface area contributed by atoms with Crippen LogP contribution in [0.25, 0.3) is 0 Å². The average Bonchev–Trinajstić information content (AvgIpc) is 2.72. The quantitative estimate of drug-likeness (QED) is 0.599. The molecule has 1 aliphatic heterocycles. The Morgan fingerprint density at radius 2 is 1.59 bits per heavy atom. The third-order valence-corrected chi connectivity index (χ3v) is 6.86. The smallest absolute Gasteiger partial charge is 0.325 e. The van der Waals surface area contributed by atoms with Gasteiger partial charge < -0.3 is 14.4 Å². The lowest BCUT2D eigenvalue weighted by molar-refractivity contribution is -0.144. The van der Waals surface area contributed by atoms with Crippen LogP contribution in [-0.2, 0) is 29.1 Å². The van der Waals surface area contributed by atoms with Crippen molar-refractivity contribution in [3.63, 3.8) is 0 Å². The number of hydrogen-bond donors (Lipinski definition) is 0. The highest BCUT2D eigenvalue weighted by Crippen LogP contribution is 2.25. The van der Waals surface area contributed by atoms with Crippen molar-refractivity contribution in [1.29, 1.82) is 0 Å². The second kappa shape index (κ2) is 9.84. The molecule has 0 radical (unpaired) electrons. The summed E-state index contributed by atoms with van der Waals surface area (Å²) in [6.45, 7) is 1.48. The predicted octanol–water partition coefficient (Wildman–Crippen LogP) is 1.04. The molecule has 1 heterocycles. The van der Waals surface area contributed by atoms with Crippen LogP contribution in [0, 0.1) is 0 Å². The highest BCUT2D eigenvalue weighted by Gasteiger charge is 2.31. The van der Waals surface area contributed by atoms with Gasteiger partial charge in [-0.25, -0.2) is 8.42 Å². The molecule has 1 aromatic carbocycles. The molecule has 1 saturated heterocycles. The zero-order valence-electron chi connectivity index (χ0n) is 16.8. The van der Waals surface area contributed by atoms with Gasteiger partial charge >= 0.3 is 11.9 Å². The van der Waals surface area contributed by atoms with Crippen LogP contribution >= 0.6 is 0 Å². The van der Waals surface area contributed by atoms with Crippen LogP contribution in [0.2, 0.25) is 0 Å². The molecule has 0 aliphatic carbocycles. The molecule has 29 heavy (non-hydrogen) atoms. The Bertz CT molecular complexity index is 834. The molecule has 0 aromatic heterocycles. The lowest BCUT2D eigenvalue weighted by atomic mass is 10.1. The number of piperidine rings is 1. The molecule has 9 nitrogen and oxygen atoms in total. The molecule has 10 heteroatoms. The van der Waals surface area contributed by atoms with E-state index in [9.17, 15) is 22.8 Å². The summed E-state index contributed by atoms with van der Waals surface area (Å²) < 4.78 is 36.4. The average molecular weight is 426 g/mol. The van der Waals surface area contributed by atoms with Gasteiger partial charge in [0.2, 0.25) is 10.0 Å². The number of amides is 1. The molecule has 0 N–H and O–H groups in total. The monoisotopic (exact) mass is 426 g/mol. The highest BCUT2D eigenvalue weighted by atomic mass is 32.2. The molecule has 1 aromatic rings. The van der Waals surface area contributed by atoms with Crippen molar-refractivity contribution in [1.82, 2.24) is 9.21 Å². The molecule has 160 valence electrons. The molecule has 1 atom stereocenters. The van der Waals surface area contributed by atoms with Gasteiger partial charge in [-0.2, -0.15) is 4.31 Å². The minimum absolute atomic E-state index is 0.0781. The highest BCUT2D eigenvalue weighted by molar-refractivity contribution is 7.89. The third-order valence-electron chi connectivity index (χ3n) is 4.83. The molecule has 0 spiro atoms. The molecule has 1 aliphatic rings. The summed E-state index contributed by atoms with van der Waals surface area (Å²) in [5, 5.41) is 0. The maximum Gasteiger partial charge on any atom is 0.325 e. The van der Waals surface area contributed by atoms with E-state index in [4.69, 9.17) is 0 Å². The molecule has 1 amide bonds. The van der Waals surface area contributed by atoms with Gasteiger partial charge in [0, 0.05) is 18.2 Å². The van der Waals surface area contributed by atoms with Crippen molar-refractivity contribution < 1.29 is 32.3 Å². The molecular formula is C19H26N2O7S. The van der Waals surface area contributed by atoms with Gasteiger partial charge in [0.1, 0.15) is 13.1 Å². The topological polar surface area (TPSA) is 110 Å². The molecule has 2 rings (SSSR count). The Morgan fingerprint density at radius 1 is 1.03 bits per heavy atom. The lowest BCUT2D eigenvalue weighted by Gasteiger charge is -2.32. The first-order valence-corrected chi connectivity index (χ1v) is 10.7. The number of carbonyl (C=O) groups excluding carboxylic acids is 3. The van der Waals surface area contributed by atoms with Crippen LogP contribution in [-0.4, -0.2) is 75.4 Å². The van der Waals surface area contributed by atoms with Crippen LogP contribution in [0.5, 0.6) is 0 Å². The van der Waals surface area contributed by atoms with Crippen LogP contribution in [0.3, 0.4) is 0 Å². The van der Waals surface area contributed by atoms with Crippen molar-refractivity contribution in [2.75, 3.05) is 33.9 Å². The maximum absolute atomic E-state index is 12.9. The number of carbonyl (C=O) groups is 3. The van der Waals surface area contributed by atoms with Crippen molar-refractivity contribution in [2.45, 2.75) is 37.1 Å². The van der Waals surface area contributed by atoms with Crippen molar-refractivity contribution in [2.24, 2.45) is 0 Å². The fourth-order valence-corrected chi connectivity index (χ4v) is 4.86. The number of rotatable bonds is 7. The Hall–Kier alpha value is -2.46. The molecular weight excluding hydrogens is 400 g/mol. The summed E-state index contributed by atoms with van der Waals surface area (Å²) in [7, 11) is -1.32. The van der Waals surface area contributed by atoms with E-state index in [1.165, 1.54) is 42.8 Å². The number of ether oxygens (including phenoxy) is 2. The number of esters is 2. The molecule has 0 saturated carbocycles. The number of benzene rings is 1. The normalized spacial score (nSPS) is 17.4. The first-order valence-electron chi connectivity index (χ1n) is 9.25. The Labute approximate surface area is 170 Å². The van der Waals surface area contributed by atoms with E-state index in [0.717, 1.165) is 24.2 Å². The third kappa shape index (κ3) is 5.54. The van der Waals surface area contributed by atoms with Crippen molar-refractivity contribution in [3.05, 3.63) is 29.8 Å². The van der Waals surface area contributed by atoms with Gasteiger partial charge in [0.25, 0.3) is 5.91 Å². The zero-order valence-corrected chi connectivity index (χ0v) is 17.6.